The van der Waals surface area contributed by atoms with Gasteiger partial charge in [-0.3, -0.25) is 4.79 Å². The molecule has 2 N–H and O–H groups in total. The van der Waals surface area contributed by atoms with Gasteiger partial charge >= 0.3 is 12.0 Å². The van der Waals surface area contributed by atoms with E-state index in [-0.39, 0.29) is 31.8 Å². The molecule has 104 valence electrons. The molecule has 1 rings (SSSR count). The standard InChI is InChI=1S/C12H22N2O4/c1-3-10(4-2)14(5-6-15)12(18)13-7-9(8-13)11(16)17/h9-10,15H,3-8H2,1-2H3,(H,16,17). The first-order valence-electron chi connectivity index (χ1n) is 6.44. The van der Waals surface area contributed by atoms with E-state index in [2.05, 4.69) is 0 Å². The van der Waals surface area contributed by atoms with Crippen LogP contribution in [0.3, 0.4) is 0 Å². The molecule has 0 unspecified atom stereocenters. The van der Waals surface area contributed by atoms with E-state index >= 15 is 0 Å². The minimum Gasteiger partial charge on any atom is -0.481 e. The van der Waals surface area contributed by atoms with Crippen LogP contribution in [0.5, 0.6) is 0 Å². The van der Waals surface area contributed by atoms with Gasteiger partial charge in [0, 0.05) is 25.7 Å². The third-order valence-corrected chi connectivity index (χ3v) is 3.47. The zero-order chi connectivity index (χ0) is 13.7. The first kappa shape index (κ1) is 14.8. The van der Waals surface area contributed by atoms with E-state index in [4.69, 9.17) is 10.2 Å². The monoisotopic (exact) mass is 258 g/mol. The number of carbonyl (C=O) groups is 2. The van der Waals surface area contributed by atoms with Gasteiger partial charge in [-0.15, -0.1) is 0 Å². The van der Waals surface area contributed by atoms with Crippen molar-refractivity contribution in [3.63, 3.8) is 0 Å². The van der Waals surface area contributed by atoms with Crippen molar-refractivity contribution in [3.05, 3.63) is 0 Å². The summed E-state index contributed by atoms with van der Waals surface area (Å²) in [6.07, 6.45) is 1.66. The number of amides is 2. The number of aliphatic hydroxyl groups is 1. The van der Waals surface area contributed by atoms with Gasteiger partial charge < -0.3 is 20.0 Å². The Hall–Kier alpha value is -1.30. The van der Waals surface area contributed by atoms with Crippen LogP contribution < -0.4 is 0 Å². The lowest BCUT2D eigenvalue weighted by atomic mass is 10.0. The molecule has 6 heteroatoms. The number of aliphatic hydroxyl groups excluding tert-OH is 1. The van der Waals surface area contributed by atoms with E-state index in [1.807, 2.05) is 13.8 Å². The summed E-state index contributed by atoms with van der Waals surface area (Å²) in [6, 6.07) is -0.0521. The number of carbonyl (C=O) groups excluding carboxylic acids is 1. The number of carboxylic acid groups (broad SMARTS) is 1. The molecule has 1 aliphatic heterocycles. The quantitative estimate of drug-likeness (QED) is 0.731. The van der Waals surface area contributed by atoms with Crippen molar-refractivity contribution in [1.82, 2.24) is 9.80 Å². The SMILES string of the molecule is CCC(CC)N(CCO)C(=O)N1CC(C(=O)O)C1. The van der Waals surface area contributed by atoms with Crippen LogP contribution in [-0.4, -0.2) is 64.3 Å². The summed E-state index contributed by atoms with van der Waals surface area (Å²) in [5.74, 6) is -1.29. The predicted octanol–water partition coefficient (Wildman–Crippen LogP) is 0.606. The summed E-state index contributed by atoms with van der Waals surface area (Å²) >= 11 is 0. The molecular formula is C12H22N2O4. The fraction of sp³-hybridized carbons (Fsp3) is 0.833. The molecule has 18 heavy (non-hydrogen) atoms. The molecule has 6 nitrogen and oxygen atoms in total. The molecule has 0 atom stereocenters. The number of urea groups is 1. The lowest BCUT2D eigenvalue weighted by Gasteiger charge is -2.42. The van der Waals surface area contributed by atoms with E-state index < -0.39 is 11.9 Å². The van der Waals surface area contributed by atoms with Gasteiger partial charge in [-0.1, -0.05) is 13.8 Å². The van der Waals surface area contributed by atoms with Gasteiger partial charge in [0.1, 0.15) is 0 Å². The molecule has 1 heterocycles. The molecule has 2 amide bonds. The van der Waals surface area contributed by atoms with E-state index in [1.165, 1.54) is 4.90 Å². The molecule has 0 aromatic rings. The summed E-state index contributed by atoms with van der Waals surface area (Å²) in [5, 5.41) is 17.8. The average Bonchev–Trinajstić information content (AvgIpc) is 2.26. The van der Waals surface area contributed by atoms with E-state index in [9.17, 15) is 9.59 Å². The van der Waals surface area contributed by atoms with Crippen molar-refractivity contribution >= 4 is 12.0 Å². The van der Waals surface area contributed by atoms with Crippen molar-refractivity contribution in [2.45, 2.75) is 32.7 Å². The van der Waals surface area contributed by atoms with Gasteiger partial charge in [0.25, 0.3) is 0 Å². The highest BCUT2D eigenvalue weighted by Crippen LogP contribution is 2.20. The van der Waals surface area contributed by atoms with Crippen LogP contribution in [-0.2, 0) is 4.79 Å². The lowest BCUT2D eigenvalue weighted by Crippen LogP contribution is -2.59. The number of aliphatic carboxylic acids is 1. The summed E-state index contributed by atoms with van der Waals surface area (Å²) in [4.78, 5) is 26.1. The molecule has 0 radical (unpaired) electrons. The molecule has 0 bridgehead atoms. The Morgan fingerprint density at radius 2 is 1.89 bits per heavy atom. The Morgan fingerprint density at radius 3 is 2.28 bits per heavy atom. The summed E-state index contributed by atoms with van der Waals surface area (Å²) in [6.45, 7) is 4.79. The number of hydrogen-bond acceptors (Lipinski definition) is 3. The van der Waals surface area contributed by atoms with Crippen molar-refractivity contribution in [1.29, 1.82) is 0 Å². The number of nitrogens with zero attached hydrogens (tertiary/aromatic N) is 2. The van der Waals surface area contributed by atoms with Gasteiger partial charge in [0.15, 0.2) is 0 Å². The van der Waals surface area contributed by atoms with Crippen LogP contribution in [0.2, 0.25) is 0 Å². The lowest BCUT2D eigenvalue weighted by molar-refractivity contribution is -0.146. The van der Waals surface area contributed by atoms with Gasteiger partial charge in [-0.25, -0.2) is 4.79 Å². The smallest absolute Gasteiger partial charge is 0.320 e. The highest BCUT2D eigenvalue weighted by molar-refractivity contribution is 5.80. The average molecular weight is 258 g/mol. The predicted molar refractivity (Wildman–Crippen MR) is 66.3 cm³/mol. The van der Waals surface area contributed by atoms with Gasteiger partial charge in [-0.05, 0) is 12.8 Å². The van der Waals surface area contributed by atoms with E-state index in [0.29, 0.717) is 6.54 Å². The Kier molecular flexibility index (Phi) is 5.40. The minimum atomic E-state index is -0.852. The van der Waals surface area contributed by atoms with E-state index in [0.717, 1.165) is 12.8 Å². The number of hydrogen-bond donors (Lipinski definition) is 2. The minimum absolute atomic E-state index is 0.0710. The maximum absolute atomic E-state index is 12.2. The Balaban J connectivity index is 2.58. The normalized spacial score (nSPS) is 15.7. The highest BCUT2D eigenvalue weighted by Gasteiger charge is 2.38. The maximum atomic E-state index is 12.2. The van der Waals surface area contributed by atoms with Crippen molar-refractivity contribution in [3.8, 4) is 0 Å². The topological polar surface area (TPSA) is 81.1 Å². The molecule has 0 aromatic carbocycles. The number of rotatable bonds is 6. The Labute approximate surface area is 107 Å². The zero-order valence-electron chi connectivity index (χ0n) is 11.0. The largest absolute Gasteiger partial charge is 0.481 e. The molecule has 0 saturated carbocycles. The third kappa shape index (κ3) is 3.13. The molecule has 1 saturated heterocycles. The van der Waals surface area contributed by atoms with Crippen molar-refractivity contribution < 1.29 is 19.8 Å². The number of carboxylic acids is 1. The van der Waals surface area contributed by atoms with Crippen molar-refractivity contribution in [2.75, 3.05) is 26.2 Å². The first-order chi connectivity index (χ1) is 8.54. The molecule has 0 aromatic heterocycles. The van der Waals surface area contributed by atoms with Crippen LogP contribution in [0.4, 0.5) is 4.79 Å². The van der Waals surface area contributed by atoms with Crippen LogP contribution in [0.25, 0.3) is 0 Å². The zero-order valence-corrected chi connectivity index (χ0v) is 11.0. The van der Waals surface area contributed by atoms with E-state index in [1.54, 1.807) is 4.90 Å². The maximum Gasteiger partial charge on any atom is 0.320 e. The Bertz CT molecular complexity index is 298. The van der Waals surface area contributed by atoms with Crippen LogP contribution in [0, 0.1) is 5.92 Å². The second-order valence-corrected chi connectivity index (χ2v) is 4.61. The third-order valence-electron chi connectivity index (χ3n) is 3.47. The molecular weight excluding hydrogens is 236 g/mol. The van der Waals surface area contributed by atoms with Crippen LogP contribution in [0.15, 0.2) is 0 Å². The van der Waals surface area contributed by atoms with Gasteiger partial charge in [0.2, 0.25) is 0 Å². The second kappa shape index (κ2) is 6.58. The summed E-state index contributed by atoms with van der Waals surface area (Å²) in [5.41, 5.74) is 0. The summed E-state index contributed by atoms with van der Waals surface area (Å²) < 4.78 is 0. The second-order valence-electron chi connectivity index (χ2n) is 4.61. The fourth-order valence-corrected chi connectivity index (χ4v) is 2.24. The number of likely N-dealkylation sites (tertiary alicyclic amines) is 1. The van der Waals surface area contributed by atoms with Gasteiger partial charge in [-0.2, -0.15) is 0 Å². The molecule has 1 fully saturated rings. The summed E-state index contributed by atoms with van der Waals surface area (Å²) in [7, 11) is 0. The first-order valence-corrected chi connectivity index (χ1v) is 6.44. The van der Waals surface area contributed by atoms with Crippen LogP contribution >= 0.6 is 0 Å². The van der Waals surface area contributed by atoms with Gasteiger partial charge in [0.05, 0.1) is 12.5 Å². The highest BCUT2D eigenvalue weighted by atomic mass is 16.4. The fourth-order valence-electron chi connectivity index (χ4n) is 2.24. The van der Waals surface area contributed by atoms with Crippen molar-refractivity contribution in [2.24, 2.45) is 5.92 Å². The van der Waals surface area contributed by atoms with Crippen LogP contribution in [0.1, 0.15) is 26.7 Å². The molecule has 0 aliphatic carbocycles. The molecule has 0 spiro atoms. The Morgan fingerprint density at radius 1 is 1.33 bits per heavy atom. The molecule has 1 aliphatic rings.